The van der Waals surface area contributed by atoms with E-state index in [0.717, 1.165) is 6.07 Å². The lowest BCUT2D eigenvalue weighted by atomic mass is 10.3. The Labute approximate surface area is 107 Å². The van der Waals surface area contributed by atoms with Gasteiger partial charge in [0.05, 0.1) is 0 Å². The van der Waals surface area contributed by atoms with Crippen molar-refractivity contribution < 1.29 is 44.2 Å². The number of alkyl halides is 4. The average molecular weight is 326 g/mol. The molecule has 20 heavy (non-hydrogen) atoms. The van der Waals surface area contributed by atoms with E-state index in [9.17, 15) is 35.1 Å². The van der Waals surface area contributed by atoms with E-state index in [-0.39, 0.29) is 6.92 Å². The first-order valence-electron chi connectivity index (χ1n) is 4.75. The Hall–Kier alpha value is -1.28. The van der Waals surface area contributed by atoms with Gasteiger partial charge in [-0.15, -0.1) is 4.20 Å². The van der Waals surface area contributed by atoms with Crippen molar-refractivity contribution in [2.24, 2.45) is 0 Å². The maximum absolute atomic E-state index is 13.1. The van der Waals surface area contributed by atoms with Crippen molar-refractivity contribution in [3.63, 3.8) is 0 Å². The van der Waals surface area contributed by atoms with Crippen LogP contribution in [0, 0.1) is 11.6 Å². The van der Waals surface area contributed by atoms with Crippen LogP contribution in [0.3, 0.4) is 0 Å². The Morgan fingerprint density at radius 2 is 1.70 bits per heavy atom. The molecule has 0 bridgehead atoms. The van der Waals surface area contributed by atoms with E-state index < -0.39 is 37.3 Å². The van der Waals surface area contributed by atoms with Crippen molar-refractivity contribution in [1.82, 2.24) is 0 Å². The third-order valence-corrected chi connectivity index (χ3v) is 2.72. The molecule has 0 fully saturated rings. The van der Waals surface area contributed by atoms with Gasteiger partial charge >= 0.3 is 19.9 Å². The van der Waals surface area contributed by atoms with Crippen LogP contribution in [0.5, 0.6) is 5.75 Å². The SMILES string of the molecule is CC(F)(F)C(F)(F)OP(=O)(F)Oc1cccc(F)c1F. The van der Waals surface area contributed by atoms with Crippen LogP contribution in [0.2, 0.25) is 0 Å². The van der Waals surface area contributed by atoms with Crippen LogP contribution in [-0.4, -0.2) is 12.0 Å². The van der Waals surface area contributed by atoms with E-state index in [1.54, 1.807) is 0 Å². The summed E-state index contributed by atoms with van der Waals surface area (Å²) in [6, 6.07) is 1.89. The van der Waals surface area contributed by atoms with E-state index in [2.05, 4.69) is 9.05 Å². The van der Waals surface area contributed by atoms with Gasteiger partial charge in [-0.1, -0.05) is 6.07 Å². The summed E-state index contributed by atoms with van der Waals surface area (Å²) in [6.07, 6.45) is -5.47. The molecule has 0 heterocycles. The highest BCUT2D eigenvalue weighted by atomic mass is 31.2. The predicted octanol–water partition coefficient (Wildman–Crippen LogP) is 4.69. The number of hydrogen-bond acceptors (Lipinski definition) is 3. The summed E-state index contributed by atoms with van der Waals surface area (Å²) in [4.78, 5) is 0. The molecule has 0 aliphatic rings. The first-order chi connectivity index (χ1) is 8.86. The van der Waals surface area contributed by atoms with Gasteiger partial charge in [0.25, 0.3) is 0 Å². The summed E-state index contributed by atoms with van der Waals surface area (Å²) in [5.74, 6) is -9.65. The van der Waals surface area contributed by atoms with Gasteiger partial charge in [0.2, 0.25) is 5.82 Å². The topological polar surface area (TPSA) is 35.5 Å². The van der Waals surface area contributed by atoms with Gasteiger partial charge in [-0.3, -0.25) is 0 Å². The summed E-state index contributed by atoms with van der Waals surface area (Å²) in [5.41, 5.74) is 0. The Kier molecular flexibility index (Phi) is 4.40. The second-order valence-corrected chi connectivity index (χ2v) is 4.80. The summed E-state index contributed by atoms with van der Waals surface area (Å²) in [5, 5.41) is 0. The molecular formula is C9H6F7O3P. The van der Waals surface area contributed by atoms with Crippen LogP contribution < -0.4 is 4.52 Å². The monoisotopic (exact) mass is 326 g/mol. The van der Waals surface area contributed by atoms with Crippen molar-refractivity contribution in [3.8, 4) is 5.75 Å². The molecule has 114 valence electrons. The van der Waals surface area contributed by atoms with Crippen LogP contribution in [0.25, 0.3) is 0 Å². The minimum atomic E-state index is -6.32. The largest absolute Gasteiger partial charge is 0.574 e. The fraction of sp³-hybridized carbons (Fsp3) is 0.333. The molecule has 0 aliphatic carbocycles. The second-order valence-electron chi connectivity index (χ2n) is 3.57. The van der Waals surface area contributed by atoms with Crippen LogP contribution in [0.4, 0.5) is 30.5 Å². The molecule has 0 aliphatic heterocycles. The van der Waals surface area contributed by atoms with Gasteiger partial charge in [0.15, 0.2) is 11.6 Å². The van der Waals surface area contributed by atoms with Crippen molar-refractivity contribution >= 4 is 7.91 Å². The van der Waals surface area contributed by atoms with Gasteiger partial charge in [0, 0.05) is 6.92 Å². The molecule has 3 nitrogen and oxygen atoms in total. The van der Waals surface area contributed by atoms with Gasteiger partial charge in [-0.2, -0.15) is 22.0 Å². The van der Waals surface area contributed by atoms with Crippen LogP contribution in [0.1, 0.15) is 6.92 Å². The van der Waals surface area contributed by atoms with E-state index in [4.69, 9.17) is 0 Å². The van der Waals surface area contributed by atoms with E-state index in [1.807, 2.05) is 0 Å². The third-order valence-electron chi connectivity index (χ3n) is 1.86. The lowest BCUT2D eigenvalue weighted by molar-refractivity contribution is -0.305. The van der Waals surface area contributed by atoms with Crippen molar-refractivity contribution in [2.45, 2.75) is 19.0 Å². The Morgan fingerprint density at radius 3 is 2.20 bits per heavy atom. The van der Waals surface area contributed by atoms with Gasteiger partial charge < -0.3 is 4.52 Å². The molecule has 0 N–H and O–H groups in total. The Bertz CT molecular complexity index is 543. The molecule has 0 amide bonds. The molecule has 0 saturated heterocycles. The molecule has 1 aromatic rings. The summed E-state index contributed by atoms with van der Waals surface area (Å²) >= 11 is 0. The van der Waals surface area contributed by atoms with Crippen LogP contribution >= 0.6 is 7.91 Å². The maximum atomic E-state index is 13.1. The van der Waals surface area contributed by atoms with Crippen molar-refractivity contribution in [2.75, 3.05) is 0 Å². The normalized spacial score (nSPS) is 15.8. The maximum Gasteiger partial charge on any atom is 0.574 e. The fourth-order valence-electron chi connectivity index (χ4n) is 0.908. The zero-order valence-electron chi connectivity index (χ0n) is 9.55. The van der Waals surface area contributed by atoms with Crippen molar-refractivity contribution in [1.29, 1.82) is 0 Å². The molecule has 0 radical (unpaired) electrons. The predicted molar refractivity (Wildman–Crippen MR) is 52.4 cm³/mol. The molecule has 11 heteroatoms. The molecule has 1 rings (SSSR count). The first kappa shape index (κ1) is 16.8. The lowest BCUT2D eigenvalue weighted by Gasteiger charge is -2.23. The molecular weight excluding hydrogens is 320 g/mol. The molecule has 0 spiro atoms. The van der Waals surface area contributed by atoms with Gasteiger partial charge in [0.1, 0.15) is 0 Å². The Balaban J connectivity index is 2.96. The fourth-order valence-corrected chi connectivity index (χ4v) is 1.76. The van der Waals surface area contributed by atoms with Gasteiger partial charge in [-0.25, -0.2) is 13.5 Å². The number of halogens is 7. The van der Waals surface area contributed by atoms with Gasteiger partial charge in [-0.05, 0) is 12.1 Å². The number of rotatable bonds is 5. The average Bonchev–Trinajstić information content (AvgIpc) is 2.21. The minimum absolute atomic E-state index is 0.324. The van der Waals surface area contributed by atoms with Crippen LogP contribution in [0.15, 0.2) is 18.2 Å². The highest BCUT2D eigenvalue weighted by Gasteiger charge is 2.59. The standard InChI is InChI=1S/C9H6F7O3P/c1-8(12,13)9(14,15)19-20(16,17)18-6-4-2-3-5(10)7(6)11/h2-4H,1H3. The Morgan fingerprint density at radius 1 is 1.15 bits per heavy atom. The smallest absolute Gasteiger partial charge is 0.398 e. The zero-order valence-corrected chi connectivity index (χ0v) is 10.4. The quantitative estimate of drug-likeness (QED) is 0.582. The highest BCUT2D eigenvalue weighted by molar-refractivity contribution is 7.48. The van der Waals surface area contributed by atoms with Crippen molar-refractivity contribution in [3.05, 3.63) is 29.8 Å². The summed E-state index contributed by atoms with van der Waals surface area (Å²) in [6.45, 7) is -0.324. The third kappa shape index (κ3) is 3.86. The highest BCUT2D eigenvalue weighted by Crippen LogP contribution is 2.56. The van der Waals surface area contributed by atoms with E-state index in [1.165, 1.54) is 0 Å². The zero-order chi connectivity index (χ0) is 15.8. The molecule has 1 aromatic carbocycles. The van der Waals surface area contributed by atoms with E-state index in [0.29, 0.717) is 12.1 Å². The first-order valence-corrected chi connectivity index (χ1v) is 6.19. The lowest BCUT2D eigenvalue weighted by Crippen LogP contribution is -2.39. The second kappa shape index (κ2) is 5.25. The molecule has 1 atom stereocenters. The molecule has 1 unspecified atom stereocenters. The summed E-state index contributed by atoms with van der Waals surface area (Å²) in [7, 11) is -6.32. The number of benzene rings is 1. The minimum Gasteiger partial charge on any atom is -0.398 e. The van der Waals surface area contributed by atoms with E-state index >= 15 is 0 Å². The molecule has 0 aromatic heterocycles. The van der Waals surface area contributed by atoms with Crippen LogP contribution in [-0.2, 0) is 9.09 Å². The molecule has 0 saturated carbocycles. The number of hydrogen-bond donors (Lipinski definition) is 0. The summed E-state index contributed by atoms with van der Waals surface area (Å²) < 4.78 is 106.